The van der Waals surface area contributed by atoms with Crippen molar-refractivity contribution in [1.82, 2.24) is 0 Å². The molecule has 0 bridgehead atoms. The highest BCUT2D eigenvalue weighted by atomic mass is 19.2. The molecule has 0 spiro atoms. The van der Waals surface area contributed by atoms with E-state index in [1.807, 2.05) is 0 Å². The van der Waals surface area contributed by atoms with Gasteiger partial charge in [-0.3, -0.25) is 0 Å². The van der Waals surface area contributed by atoms with Crippen LogP contribution in [0.15, 0.2) is 30.3 Å². The highest BCUT2D eigenvalue weighted by Gasteiger charge is 2.31. The molecule has 0 aliphatic heterocycles. The third-order valence-corrected chi connectivity index (χ3v) is 4.04. The maximum Gasteiger partial charge on any atom is 0.349 e. The van der Waals surface area contributed by atoms with E-state index < -0.39 is 63.9 Å². The first-order chi connectivity index (χ1) is 14.0. The topological polar surface area (TPSA) is 101 Å². The van der Waals surface area contributed by atoms with Crippen LogP contribution in [-0.4, -0.2) is 28.1 Å². The van der Waals surface area contributed by atoms with Crippen LogP contribution in [-0.2, 0) is 0 Å². The maximum absolute atomic E-state index is 13.8. The average Bonchev–Trinajstić information content (AvgIpc) is 2.69. The van der Waals surface area contributed by atoms with Gasteiger partial charge in [0.05, 0.1) is 11.1 Å². The number of carbonyl (C=O) groups is 3. The second-order valence-electron chi connectivity index (χ2n) is 5.82. The zero-order valence-corrected chi connectivity index (χ0v) is 14.3. The molecule has 0 heterocycles. The van der Waals surface area contributed by atoms with E-state index in [0.29, 0.717) is 6.07 Å². The molecule has 2 N–H and O–H groups in total. The molecule has 0 saturated carbocycles. The maximum atomic E-state index is 13.8. The quantitative estimate of drug-likeness (QED) is 0.214. The normalized spacial score (nSPS) is 10.8. The van der Waals surface area contributed by atoms with Crippen molar-refractivity contribution in [3.8, 4) is 5.75 Å². The van der Waals surface area contributed by atoms with Crippen molar-refractivity contribution in [3.05, 3.63) is 76.1 Å². The minimum Gasteiger partial charge on any atom is -0.478 e. The summed E-state index contributed by atoms with van der Waals surface area (Å²) >= 11 is 0. The van der Waals surface area contributed by atoms with Crippen LogP contribution >= 0.6 is 0 Å². The summed E-state index contributed by atoms with van der Waals surface area (Å²) in [6, 6.07) is 5.30. The minimum absolute atomic E-state index is 0.0324. The van der Waals surface area contributed by atoms with Crippen LogP contribution in [0.1, 0.15) is 31.1 Å². The molecule has 3 aromatic carbocycles. The number of fused-ring (bicyclic) bond motifs is 1. The number of hydrogen-bond acceptors (Lipinski definition) is 4. The molecule has 30 heavy (non-hydrogen) atoms. The van der Waals surface area contributed by atoms with Gasteiger partial charge in [0, 0.05) is 5.39 Å². The SMILES string of the molecule is O=C(Oc1cc(C(=O)O)c2c(C(=O)O)cccc2c1)c1c(F)c(F)c(F)c(F)c1F. The van der Waals surface area contributed by atoms with E-state index >= 15 is 0 Å². The Morgan fingerprint density at radius 1 is 0.733 bits per heavy atom. The van der Waals surface area contributed by atoms with Gasteiger partial charge in [-0.2, -0.15) is 0 Å². The first-order valence-corrected chi connectivity index (χ1v) is 7.81. The highest BCUT2D eigenvalue weighted by Crippen LogP contribution is 2.30. The van der Waals surface area contributed by atoms with Crippen LogP contribution in [0.5, 0.6) is 5.75 Å². The molecule has 0 atom stereocenters. The Hall–Kier alpha value is -4.02. The zero-order valence-electron chi connectivity index (χ0n) is 14.3. The number of esters is 1. The number of aromatic carboxylic acids is 2. The van der Waals surface area contributed by atoms with Gasteiger partial charge in [0.1, 0.15) is 11.3 Å². The van der Waals surface area contributed by atoms with Crippen molar-refractivity contribution in [1.29, 1.82) is 0 Å². The molecule has 0 aliphatic rings. The summed E-state index contributed by atoms with van der Waals surface area (Å²) in [5, 5.41) is 18.3. The number of ether oxygens (including phenoxy) is 1. The number of rotatable bonds is 4. The number of carbonyl (C=O) groups excluding carboxylic acids is 1. The smallest absolute Gasteiger partial charge is 0.349 e. The molecule has 0 aromatic heterocycles. The first-order valence-electron chi connectivity index (χ1n) is 7.81. The van der Waals surface area contributed by atoms with Gasteiger partial charge in [0.2, 0.25) is 5.82 Å². The standard InChI is InChI=1S/C19H7F5O6/c20-12-11(13(21)15(23)16(24)14(12)22)19(29)30-7-4-6-2-1-3-8(17(25)26)10(6)9(5-7)18(27)28/h1-5H,(H,25,26)(H,27,28). The fourth-order valence-corrected chi connectivity index (χ4v) is 2.75. The molecule has 0 radical (unpaired) electrons. The third kappa shape index (κ3) is 3.30. The van der Waals surface area contributed by atoms with Gasteiger partial charge in [-0.15, -0.1) is 0 Å². The minimum atomic E-state index is -2.47. The fraction of sp³-hybridized carbons (Fsp3) is 0. The highest BCUT2D eigenvalue weighted by molar-refractivity contribution is 6.13. The van der Waals surface area contributed by atoms with Crippen LogP contribution < -0.4 is 4.74 Å². The van der Waals surface area contributed by atoms with Gasteiger partial charge in [0.25, 0.3) is 0 Å². The lowest BCUT2D eigenvalue weighted by atomic mass is 9.98. The Kier molecular flexibility index (Phi) is 5.13. The van der Waals surface area contributed by atoms with Gasteiger partial charge in [-0.05, 0) is 23.6 Å². The Bertz CT molecular complexity index is 1230. The van der Waals surface area contributed by atoms with E-state index in [-0.39, 0.29) is 16.3 Å². The second-order valence-corrected chi connectivity index (χ2v) is 5.82. The Morgan fingerprint density at radius 2 is 1.27 bits per heavy atom. The summed E-state index contributed by atoms with van der Waals surface area (Å²) in [4.78, 5) is 34.9. The Balaban J connectivity index is 2.15. The molecule has 0 unspecified atom stereocenters. The molecule has 3 rings (SSSR count). The monoisotopic (exact) mass is 426 g/mol. The van der Waals surface area contributed by atoms with Crippen LogP contribution in [0.25, 0.3) is 10.8 Å². The van der Waals surface area contributed by atoms with Gasteiger partial charge >= 0.3 is 17.9 Å². The van der Waals surface area contributed by atoms with Gasteiger partial charge in [-0.25, -0.2) is 36.3 Å². The number of halogens is 5. The molecule has 0 aliphatic carbocycles. The summed E-state index contributed by atoms with van der Waals surface area (Å²) in [7, 11) is 0. The van der Waals surface area contributed by atoms with Crippen LogP contribution in [0.4, 0.5) is 22.0 Å². The van der Waals surface area contributed by atoms with Gasteiger partial charge in [0.15, 0.2) is 23.3 Å². The van der Waals surface area contributed by atoms with Crippen molar-refractivity contribution >= 4 is 28.7 Å². The molecular formula is C19H7F5O6. The Labute approximate surface area is 162 Å². The van der Waals surface area contributed by atoms with Crippen molar-refractivity contribution in [3.63, 3.8) is 0 Å². The lowest BCUT2D eigenvalue weighted by Gasteiger charge is -2.11. The number of carboxylic acid groups (broad SMARTS) is 2. The molecule has 0 saturated heterocycles. The molecule has 0 amide bonds. The van der Waals surface area contributed by atoms with Gasteiger partial charge in [-0.1, -0.05) is 12.1 Å². The Morgan fingerprint density at radius 3 is 1.80 bits per heavy atom. The van der Waals surface area contributed by atoms with Gasteiger partial charge < -0.3 is 14.9 Å². The molecule has 154 valence electrons. The van der Waals surface area contributed by atoms with E-state index in [2.05, 4.69) is 4.74 Å². The van der Waals surface area contributed by atoms with Crippen molar-refractivity contribution in [2.45, 2.75) is 0 Å². The number of hydrogen-bond donors (Lipinski definition) is 2. The molecule has 0 fully saturated rings. The van der Waals surface area contributed by atoms with E-state index in [4.69, 9.17) is 0 Å². The van der Waals surface area contributed by atoms with E-state index in [1.165, 1.54) is 12.1 Å². The lowest BCUT2D eigenvalue weighted by molar-refractivity contribution is 0.0685. The number of carboxylic acids is 2. The van der Waals surface area contributed by atoms with E-state index in [9.17, 15) is 46.5 Å². The summed E-state index contributed by atoms with van der Waals surface area (Å²) in [6.07, 6.45) is 0. The average molecular weight is 426 g/mol. The van der Waals surface area contributed by atoms with Crippen molar-refractivity contribution < 1.29 is 51.3 Å². The van der Waals surface area contributed by atoms with Crippen LogP contribution in [0.3, 0.4) is 0 Å². The fourth-order valence-electron chi connectivity index (χ4n) is 2.75. The van der Waals surface area contributed by atoms with E-state index in [0.717, 1.165) is 12.1 Å². The van der Waals surface area contributed by atoms with Crippen LogP contribution in [0.2, 0.25) is 0 Å². The van der Waals surface area contributed by atoms with E-state index in [1.54, 1.807) is 0 Å². The summed E-state index contributed by atoms with van der Waals surface area (Å²) in [6.45, 7) is 0. The molecule has 6 nitrogen and oxygen atoms in total. The lowest BCUT2D eigenvalue weighted by Crippen LogP contribution is -2.17. The third-order valence-electron chi connectivity index (χ3n) is 4.04. The zero-order chi connectivity index (χ0) is 22.3. The summed E-state index contributed by atoms with van der Waals surface area (Å²) in [5.74, 6) is -17.7. The predicted molar refractivity (Wildman–Crippen MR) is 89.1 cm³/mol. The largest absolute Gasteiger partial charge is 0.478 e. The predicted octanol–water partition coefficient (Wildman–Crippen LogP) is 4.15. The molecular weight excluding hydrogens is 419 g/mol. The second kappa shape index (κ2) is 7.43. The van der Waals surface area contributed by atoms with Crippen LogP contribution in [0, 0.1) is 29.1 Å². The molecule has 11 heteroatoms. The summed E-state index contributed by atoms with van der Waals surface area (Å²) < 4.78 is 71.9. The van der Waals surface area contributed by atoms with Crippen molar-refractivity contribution in [2.75, 3.05) is 0 Å². The summed E-state index contributed by atoms with van der Waals surface area (Å²) in [5.41, 5.74) is -2.89. The van der Waals surface area contributed by atoms with Crippen molar-refractivity contribution in [2.24, 2.45) is 0 Å². The molecule has 3 aromatic rings. The first kappa shape index (κ1) is 20.7. The number of benzene rings is 3.